The first-order chi connectivity index (χ1) is 14.9. The van der Waals surface area contributed by atoms with E-state index in [9.17, 15) is 5.11 Å². The Morgan fingerprint density at radius 1 is 1.13 bits per heavy atom. The van der Waals surface area contributed by atoms with Crippen molar-refractivity contribution in [2.45, 2.75) is 62.9 Å². The van der Waals surface area contributed by atoms with Crippen LogP contribution >= 0.6 is 0 Å². The van der Waals surface area contributed by atoms with Gasteiger partial charge in [-0.15, -0.1) is 10.2 Å². The van der Waals surface area contributed by atoms with E-state index in [-0.39, 0.29) is 17.2 Å². The van der Waals surface area contributed by atoms with Crippen molar-refractivity contribution in [1.29, 1.82) is 0 Å². The number of phenols is 1. The van der Waals surface area contributed by atoms with E-state index in [2.05, 4.69) is 32.6 Å². The molecule has 3 N–H and O–H groups in total. The summed E-state index contributed by atoms with van der Waals surface area (Å²) in [6.07, 6.45) is 5.16. The van der Waals surface area contributed by atoms with Gasteiger partial charge in [-0.05, 0) is 56.9 Å². The van der Waals surface area contributed by atoms with E-state index in [1.807, 2.05) is 13.0 Å². The monoisotopic (exact) mass is 423 g/mol. The molecule has 2 fully saturated rings. The van der Waals surface area contributed by atoms with Gasteiger partial charge in [-0.2, -0.15) is 5.10 Å². The second kappa shape index (κ2) is 7.30. The number of piperidine rings is 2. The summed E-state index contributed by atoms with van der Waals surface area (Å²) in [7, 11) is 0. The van der Waals surface area contributed by atoms with Crippen molar-refractivity contribution in [2.24, 2.45) is 0 Å². The van der Waals surface area contributed by atoms with Crippen LogP contribution in [0.1, 0.15) is 39.5 Å². The molecule has 2 saturated heterocycles. The predicted molar refractivity (Wildman–Crippen MR) is 114 cm³/mol. The fourth-order valence-electron chi connectivity index (χ4n) is 5.10. The Balaban J connectivity index is 1.34. The molecule has 0 unspecified atom stereocenters. The first-order valence-electron chi connectivity index (χ1n) is 10.6. The SMILES string of the molecule is C[C@]12CCC[C@](C)(N1)[C@@H](F)[C@@H](Oc1ccc(-c3ccc(-c4cn[nH]c4)cc3O)nn1)C2. The highest BCUT2D eigenvalue weighted by Gasteiger charge is 2.53. The number of benzene rings is 1. The molecule has 31 heavy (non-hydrogen) atoms. The maximum Gasteiger partial charge on any atom is 0.233 e. The van der Waals surface area contributed by atoms with Crippen molar-refractivity contribution >= 4 is 0 Å². The molecule has 2 aliphatic heterocycles. The third kappa shape index (κ3) is 3.65. The number of ether oxygens (including phenoxy) is 1. The molecule has 0 radical (unpaired) electrons. The molecule has 0 amide bonds. The van der Waals surface area contributed by atoms with Gasteiger partial charge in [0, 0.05) is 35.3 Å². The lowest BCUT2D eigenvalue weighted by Gasteiger charge is -2.54. The van der Waals surface area contributed by atoms with Gasteiger partial charge >= 0.3 is 0 Å². The molecule has 8 heteroatoms. The Kier molecular flexibility index (Phi) is 4.69. The van der Waals surface area contributed by atoms with Gasteiger partial charge in [-0.1, -0.05) is 6.07 Å². The van der Waals surface area contributed by atoms with Gasteiger partial charge in [0.25, 0.3) is 0 Å². The van der Waals surface area contributed by atoms with Crippen molar-refractivity contribution in [2.75, 3.05) is 0 Å². The molecule has 0 spiro atoms. The molecule has 162 valence electrons. The number of nitrogens with zero attached hydrogens (tertiary/aromatic N) is 3. The lowest BCUT2D eigenvalue weighted by molar-refractivity contribution is -0.0626. The Morgan fingerprint density at radius 3 is 2.71 bits per heavy atom. The number of hydrogen-bond donors (Lipinski definition) is 3. The summed E-state index contributed by atoms with van der Waals surface area (Å²) < 4.78 is 21.2. The van der Waals surface area contributed by atoms with E-state index >= 15 is 4.39 Å². The molecule has 7 nitrogen and oxygen atoms in total. The zero-order chi connectivity index (χ0) is 21.6. The lowest BCUT2D eigenvalue weighted by Crippen LogP contribution is -2.71. The Labute approximate surface area is 180 Å². The van der Waals surface area contributed by atoms with E-state index in [0.29, 0.717) is 17.7 Å². The molecular weight excluding hydrogens is 397 g/mol. The smallest absolute Gasteiger partial charge is 0.233 e. The largest absolute Gasteiger partial charge is 0.507 e. The zero-order valence-electron chi connectivity index (χ0n) is 17.6. The summed E-state index contributed by atoms with van der Waals surface area (Å²) in [5, 5.41) is 29.0. The van der Waals surface area contributed by atoms with Gasteiger partial charge in [-0.25, -0.2) is 4.39 Å². The maximum absolute atomic E-state index is 15.2. The minimum absolute atomic E-state index is 0.0949. The number of aromatic nitrogens is 4. The molecule has 4 atom stereocenters. The van der Waals surface area contributed by atoms with Gasteiger partial charge in [0.2, 0.25) is 5.88 Å². The molecule has 4 heterocycles. The predicted octanol–water partition coefficient (Wildman–Crippen LogP) is 4.02. The number of fused-ring (bicyclic) bond motifs is 2. The standard InChI is InChI=1S/C23H26FN5O2/c1-22-8-3-9-23(2,29-22)21(24)19(11-22)31-20-7-6-17(27-28-20)16-5-4-14(10-18(16)30)15-12-25-26-13-15/h4-7,10,12-13,19,21,29-30H,3,8-9,11H2,1-2H3,(H,25,26)/t19-,21-,22+,23-/m0/s1. The zero-order valence-corrected chi connectivity index (χ0v) is 17.6. The first-order valence-corrected chi connectivity index (χ1v) is 10.6. The average molecular weight is 423 g/mol. The molecule has 2 bridgehead atoms. The van der Waals surface area contributed by atoms with Crippen LogP contribution < -0.4 is 10.1 Å². The van der Waals surface area contributed by atoms with Crippen LogP contribution in [0.2, 0.25) is 0 Å². The fourth-order valence-corrected chi connectivity index (χ4v) is 5.10. The van der Waals surface area contributed by atoms with Crippen LogP contribution in [0.4, 0.5) is 4.39 Å². The molecular formula is C23H26FN5O2. The summed E-state index contributed by atoms with van der Waals surface area (Å²) in [5.74, 6) is 0.385. The minimum atomic E-state index is -1.12. The Morgan fingerprint density at radius 2 is 2.00 bits per heavy atom. The van der Waals surface area contributed by atoms with Crippen molar-refractivity contribution in [3.05, 3.63) is 42.7 Å². The molecule has 5 rings (SSSR count). The number of hydrogen-bond acceptors (Lipinski definition) is 6. The van der Waals surface area contributed by atoms with Gasteiger partial charge in [0.15, 0.2) is 6.17 Å². The van der Waals surface area contributed by atoms with E-state index in [0.717, 1.165) is 30.4 Å². The molecule has 0 aliphatic carbocycles. The summed E-state index contributed by atoms with van der Waals surface area (Å²) in [4.78, 5) is 0. The van der Waals surface area contributed by atoms with Gasteiger partial charge in [-0.3, -0.25) is 5.10 Å². The highest BCUT2D eigenvalue weighted by Crippen LogP contribution is 2.42. The molecule has 0 saturated carbocycles. The van der Waals surface area contributed by atoms with E-state index < -0.39 is 17.8 Å². The molecule has 2 aliphatic rings. The summed E-state index contributed by atoms with van der Waals surface area (Å²) >= 11 is 0. The normalized spacial score (nSPS) is 30.2. The van der Waals surface area contributed by atoms with Crippen LogP contribution in [0.3, 0.4) is 0 Å². The summed E-state index contributed by atoms with van der Waals surface area (Å²) in [6.45, 7) is 4.08. The number of H-pyrrole nitrogens is 1. The van der Waals surface area contributed by atoms with Crippen LogP contribution in [0.15, 0.2) is 42.7 Å². The van der Waals surface area contributed by atoms with E-state index in [4.69, 9.17) is 4.74 Å². The van der Waals surface area contributed by atoms with E-state index in [1.54, 1.807) is 36.7 Å². The Bertz CT molecular complexity index is 1070. The average Bonchev–Trinajstić information content (AvgIpc) is 3.27. The number of alkyl halides is 1. The molecule has 3 aromatic rings. The van der Waals surface area contributed by atoms with Crippen molar-refractivity contribution in [3.63, 3.8) is 0 Å². The number of aromatic hydroxyl groups is 1. The van der Waals surface area contributed by atoms with Crippen molar-refractivity contribution in [1.82, 2.24) is 25.7 Å². The number of halogens is 1. The number of rotatable bonds is 4. The van der Waals surface area contributed by atoms with Crippen LogP contribution in [-0.2, 0) is 0 Å². The third-order valence-corrected chi connectivity index (χ3v) is 6.62. The van der Waals surface area contributed by atoms with Gasteiger partial charge < -0.3 is 15.2 Å². The Hall–Kier alpha value is -3.00. The molecule has 1 aromatic carbocycles. The van der Waals surface area contributed by atoms with Gasteiger partial charge in [0.1, 0.15) is 11.9 Å². The number of aromatic amines is 1. The van der Waals surface area contributed by atoms with Crippen LogP contribution in [0.5, 0.6) is 11.6 Å². The minimum Gasteiger partial charge on any atom is -0.507 e. The first kappa shape index (κ1) is 19.9. The summed E-state index contributed by atoms with van der Waals surface area (Å²) in [6, 6.07) is 8.74. The van der Waals surface area contributed by atoms with Crippen LogP contribution in [0.25, 0.3) is 22.4 Å². The maximum atomic E-state index is 15.2. The highest BCUT2D eigenvalue weighted by molar-refractivity contribution is 5.73. The van der Waals surface area contributed by atoms with Crippen LogP contribution in [-0.4, -0.2) is 48.9 Å². The second-order valence-electron chi connectivity index (χ2n) is 9.19. The second-order valence-corrected chi connectivity index (χ2v) is 9.19. The highest BCUT2D eigenvalue weighted by atomic mass is 19.1. The number of nitrogens with one attached hydrogen (secondary N) is 2. The van der Waals surface area contributed by atoms with Crippen LogP contribution in [0, 0.1) is 0 Å². The quantitative estimate of drug-likeness (QED) is 0.587. The third-order valence-electron chi connectivity index (χ3n) is 6.62. The van der Waals surface area contributed by atoms with E-state index in [1.165, 1.54) is 0 Å². The molecule has 2 aromatic heterocycles. The lowest BCUT2D eigenvalue weighted by atomic mass is 9.69. The van der Waals surface area contributed by atoms with Crippen molar-refractivity contribution < 1.29 is 14.2 Å². The van der Waals surface area contributed by atoms with Crippen molar-refractivity contribution in [3.8, 4) is 34.0 Å². The van der Waals surface area contributed by atoms with Gasteiger partial charge in [0.05, 0.1) is 17.4 Å². The summed E-state index contributed by atoms with van der Waals surface area (Å²) in [5.41, 5.74) is 2.09. The fraction of sp³-hybridized carbons (Fsp3) is 0.435. The number of phenolic OH excluding ortho intramolecular Hbond substituents is 1. The topological polar surface area (TPSA) is 96.0 Å².